The van der Waals surface area contributed by atoms with Crippen molar-refractivity contribution in [2.75, 3.05) is 0 Å². The van der Waals surface area contributed by atoms with Crippen molar-refractivity contribution in [1.82, 2.24) is 14.3 Å². The van der Waals surface area contributed by atoms with Gasteiger partial charge < -0.3 is 4.57 Å². The van der Waals surface area contributed by atoms with Gasteiger partial charge in [0.05, 0.1) is 0 Å². The number of aromatic nitrogens is 3. The molecule has 0 radical (unpaired) electrons. The van der Waals surface area contributed by atoms with E-state index in [0.717, 1.165) is 10.2 Å². The van der Waals surface area contributed by atoms with Crippen LogP contribution in [0.5, 0.6) is 0 Å². The Bertz CT molecular complexity index is 996. The Morgan fingerprint density at radius 3 is 2.67 bits per heavy atom. The van der Waals surface area contributed by atoms with Crippen molar-refractivity contribution in [2.24, 2.45) is 12.0 Å². The van der Waals surface area contributed by atoms with E-state index in [-0.39, 0.29) is 11.3 Å². The molecule has 6 nitrogen and oxygen atoms in total. The quantitative estimate of drug-likeness (QED) is 0.729. The molecule has 0 aliphatic heterocycles. The van der Waals surface area contributed by atoms with Gasteiger partial charge in [0.2, 0.25) is 0 Å². The zero-order chi connectivity index (χ0) is 17.1. The SMILES string of the molecule is Cc1ccc(Cn2ccsc2=NC(=O)c2ccc(=O)n(C)n2)cc1. The van der Waals surface area contributed by atoms with Crippen LogP contribution in [0.2, 0.25) is 0 Å². The molecule has 1 aromatic carbocycles. The summed E-state index contributed by atoms with van der Waals surface area (Å²) in [5, 5.41) is 5.82. The number of nitrogens with zero attached hydrogens (tertiary/aromatic N) is 4. The number of benzene rings is 1. The third-order valence-corrected chi connectivity index (χ3v) is 4.30. The lowest BCUT2D eigenvalue weighted by atomic mass is 10.1. The zero-order valence-corrected chi connectivity index (χ0v) is 14.2. The van der Waals surface area contributed by atoms with Gasteiger partial charge in [0.25, 0.3) is 11.5 Å². The molecule has 2 aromatic heterocycles. The molecular formula is C17H16N4O2S. The lowest BCUT2D eigenvalue weighted by Crippen LogP contribution is -2.22. The molecule has 0 saturated carbocycles. The number of hydrogen-bond donors (Lipinski definition) is 0. The summed E-state index contributed by atoms with van der Waals surface area (Å²) in [6.07, 6.45) is 1.89. The minimum Gasteiger partial charge on any atom is -0.319 e. The van der Waals surface area contributed by atoms with Crippen molar-refractivity contribution in [3.05, 3.63) is 80.0 Å². The summed E-state index contributed by atoms with van der Waals surface area (Å²) in [7, 11) is 1.50. The molecule has 0 fully saturated rings. The number of carbonyl (C=O) groups excluding carboxylic acids is 1. The summed E-state index contributed by atoms with van der Waals surface area (Å²) in [4.78, 5) is 28.4. The largest absolute Gasteiger partial charge is 0.319 e. The Kier molecular flexibility index (Phi) is 4.52. The fourth-order valence-electron chi connectivity index (χ4n) is 2.16. The van der Waals surface area contributed by atoms with Gasteiger partial charge in [0.1, 0.15) is 0 Å². The second-order valence-electron chi connectivity index (χ2n) is 5.40. The van der Waals surface area contributed by atoms with Crippen LogP contribution in [0.1, 0.15) is 21.6 Å². The van der Waals surface area contributed by atoms with E-state index < -0.39 is 5.91 Å². The van der Waals surface area contributed by atoms with Crippen LogP contribution in [0.4, 0.5) is 0 Å². The minimum atomic E-state index is -0.467. The maximum atomic E-state index is 12.3. The standard InChI is InChI=1S/C17H16N4O2S/c1-12-3-5-13(6-4-12)11-21-9-10-24-17(21)18-16(23)14-7-8-15(22)20(2)19-14/h3-10H,11H2,1-2H3. The second kappa shape index (κ2) is 6.76. The third kappa shape index (κ3) is 3.57. The first-order valence-corrected chi connectivity index (χ1v) is 8.24. The number of thiazole rings is 1. The molecule has 0 spiro atoms. The van der Waals surface area contributed by atoms with E-state index in [4.69, 9.17) is 0 Å². The van der Waals surface area contributed by atoms with Crippen LogP contribution in [0.3, 0.4) is 0 Å². The highest BCUT2D eigenvalue weighted by Gasteiger charge is 2.08. The van der Waals surface area contributed by atoms with Crippen LogP contribution in [0.15, 0.2) is 57.8 Å². The maximum Gasteiger partial charge on any atom is 0.300 e. The molecule has 0 saturated heterocycles. The van der Waals surface area contributed by atoms with Crippen molar-refractivity contribution in [3.8, 4) is 0 Å². The van der Waals surface area contributed by atoms with Crippen LogP contribution >= 0.6 is 11.3 Å². The molecule has 3 aromatic rings. The number of rotatable bonds is 3. The average Bonchev–Trinajstić information content (AvgIpc) is 2.99. The van der Waals surface area contributed by atoms with Gasteiger partial charge in [-0.3, -0.25) is 9.59 Å². The van der Waals surface area contributed by atoms with Gasteiger partial charge in [-0.25, -0.2) is 4.68 Å². The fraction of sp³-hybridized carbons (Fsp3) is 0.176. The van der Waals surface area contributed by atoms with Crippen molar-refractivity contribution < 1.29 is 4.79 Å². The fourth-order valence-corrected chi connectivity index (χ4v) is 2.88. The summed E-state index contributed by atoms with van der Waals surface area (Å²) in [5.74, 6) is -0.467. The van der Waals surface area contributed by atoms with E-state index in [0.29, 0.717) is 11.3 Å². The molecule has 24 heavy (non-hydrogen) atoms. The maximum absolute atomic E-state index is 12.3. The number of aryl methyl sites for hydroxylation is 2. The van der Waals surface area contributed by atoms with Gasteiger partial charge in [-0.05, 0) is 18.6 Å². The van der Waals surface area contributed by atoms with Crippen molar-refractivity contribution >= 4 is 17.2 Å². The zero-order valence-electron chi connectivity index (χ0n) is 13.3. The van der Waals surface area contributed by atoms with E-state index in [2.05, 4.69) is 34.4 Å². The first-order valence-electron chi connectivity index (χ1n) is 7.36. The average molecular weight is 340 g/mol. The smallest absolute Gasteiger partial charge is 0.300 e. The Morgan fingerprint density at radius 2 is 1.96 bits per heavy atom. The Morgan fingerprint density at radius 1 is 1.21 bits per heavy atom. The molecule has 1 amide bonds. The van der Waals surface area contributed by atoms with Crippen LogP contribution in [-0.4, -0.2) is 20.3 Å². The summed E-state index contributed by atoms with van der Waals surface area (Å²) in [6, 6.07) is 10.9. The topological polar surface area (TPSA) is 69.2 Å². The summed E-state index contributed by atoms with van der Waals surface area (Å²) < 4.78 is 3.03. The van der Waals surface area contributed by atoms with Crippen LogP contribution in [0.25, 0.3) is 0 Å². The monoisotopic (exact) mass is 340 g/mol. The predicted octanol–water partition coefficient (Wildman–Crippen LogP) is 1.74. The molecule has 2 heterocycles. The number of hydrogen-bond acceptors (Lipinski definition) is 4. The highest BCUT2D eigenvalue weighted by atomic mass is 32.1. The van der Waals surface area contributed by atoms with Crippen molar-refractivity contribution in [2.45, 2.75) is 13.5 Å². The Balaban J connectivity index is 1.89. The molecule has 0 N–H and O–H groups in total. The lowest BCUT2D eigenvalue weighted by molar-refractivity contribution is 0.0991. The van der Waals surface area contributed by atoms with E-state index in [9.17, 15) is 9.59 Å². The molecule has 0 aliphatic rings. The normalized spacial score (nSPS) is 11.7. The van der Waals surface area contributed by atoms with Gasteiger partial charge in [0.15, 0.2) is 10.5 Å². The molecule has 0 unspecified atom stereocenters. The highest BCUT2D eigenvalue weighted by molar-refractivity contribution is 7.07. The van der Waals surface area contributed by atoms with Gasteiger partial charge in [0, 0.05) is 31.2 Å². The van der Waals surface area contributed by atoms with Crippen molar-refractivity contribution in [1.29, 1.82) is 0 Å². The summed E-state index contributed by atoms with van der Waals surface area (Å²) in [6.45, 7) is 2.68. The second-order valence-corrected chi connectivity index (χ2v) is 6.27. The van der Waals surface area contributed by atoms with Gasteiger partial charge in [-0.2, -0.15) is 10.1 Å². The Labute approximate surface area is 142 Å². The van der Waals surface area contributed by atoms with Gasteiger partial charge >= 0.3 is 0 Å². The predicted molar refractivity (Wildman–Crippen MR) is 92.0 cm³/mol. The van der Waals surface area contributed by atoms with Crippen LogP contribution in [0, 0.1) is 6.92 Å². The van der Waals surface area contributed by atoms with Crippen LogP contribution in [-0.2, 0) is 13.6 Å². The van der Waals surface area contributed by atoms with E-state index >= 15 is 0 Å². The molecule has 0 aliphatic carbocycles. The highest BCUT2D eigenvalue weighted by Crippen LogP contribution is 2.05. The van der Waals surface area contributed by atoms with E-state index in [1.807, 2.05) is 23.1 Å². The van der Waals surface area contributed by atoms with Gasteiger partial charge in [-0.15, -0.1) is 11.3 Å². The molecule has 7 heteroatoms. The summed E-state index contributed by atoms with van der Waals surface area (Å²) in [5.41, 5.74) is 2.22. The van der Waals surface area contributed by atoms with E-state index in [1.54, 1.807) is 0 Å². The minimum absolute atomic E-state index is 0.146. The molecule has 0 bridgehead atoms. The first-order chi connectivity index (χ1) is 11.5. The van der Waals surface area contributed by atoms with Crippen LogP contribution < -0.4 is 10.4 Å². The number of carbonyl (C=O) groups is 1. The lowest BCUT2D eigenvalue weighted by Gasteiger charge is -2.04. The molecule has 0 atom stereocenters. The van der Waals surface area contributed by atoms with E-state index in [1.165, 1.54) is 36.1 Å². The molecular weight excluding hydrogens is 324 g/mol. The summed E-state index contributed by atoms with van der Waals surface area (Å²) >= 11 is 1.38. The Hall–Kier alpha value is -2.80. The third-order valence-electron chi connectivity index (χ3n) is 3.51. The first kappa shape index (κ1) is 16.1. The van der Waals surface area contributed by atoms with Crippen molar-refractivity contribution in [3.63, 3.8) is 0 Å². The molecule has 3 rings (SSSR count). The number of amides is 1. The molecule has 122 valence electrons. The van der Waals surface area contributed by atoms with Gasteiger partial charge in [-0.1, -0.05) is 29.8 Å².